The Labute approximate surface area is 93.8 Å². The average molecular weight is 215 g/mol. The van der Waals surface area contributed by atoms with Crippen LogP contribution in [0.25, 0.3) is 0 Å². The molecular weight excluding hydrogens is 202 g/mol. The molecule has 82 valence electrons. The van der Waals surface area contributed by atoms with E-state index in [1.165, 1.54) is 5.56 Å². The summed E-state index contributed by atoms with van der Waals surface area (Å²) in [6, 6.07) is 10.1. The molecule has 1 aliphatic carbocycles. The zero-order valence-corrected chi connectivity index (χ0v) is 8.90. The first kappa shape index (κ1) is 9.58. The molecule has 1 heterocycles. The molecule has 1 atom stereocenters. The minimum absolute atomic E-state index is 0.0580. The Morgan fingerprint density at radius 3 is 2.31 bits per heavy atom. The topological polar surface area (TPSA) is 46.2 Å². The maximum atomic E-state index is 11.7. The predicted molar refractivity (Wildman–Crippen MR) is 58.6 cm³/mol. The summed E-state index contributed by atoms with van der Waals surface area (Å²) in [5.74, 6) is -0.369. The van der Waals surface area contributed by atoms with Crippen LogP contribution in [0, 0.1) is 5.92 Å². The van der Waals surface area contributed by atoms with Gasteiger partial charge in [0.15, 0.2) is 0 Å². The molecule has 3 heteroatoms. The van der Waals surface area contributed by atoms with E-state index in [1.807, 2.05) is 18.2 Å². The largest absolute Gasteiger partial charge is 0.296 e. The minimum Gasteiger partial charge on any atom is -0.296 e. The molecule has 0 spiro atoms. The van der Waals surface area contributed by atoms with Crippen LogP contribution in [0.2, 0.25) is 0 Å². The van der Waals surface area contributed by atoms with Crippen molar-refractivity contribution in [2.75, 3.05) is 0 Å². The van der Waals surface area contributed by atoms with Gasteiger partial charge in [-0.05, 0) is 18.4 Å². The zero-order valence-electron chi connectivity index (χ0n) is 8.90. The van der Waals surface area contributed by atoms with E-state index in [1.54, 1.807) is 0 Å². The number of carbonyl (C=O) groups excluding carboxylic acids is 2. The summed E-state index contributed by atoms with van der Waals surface area (Å²) in [5.41, 5.74) is 1.14. The van der Waals surface area contributed by atoms with E-state index in [-0.39, 0.29) is 23.1 Å². The molecule has 2 amide bonds. The van der Waals surface area contributed by atoms with Crippen LogP contribution in [0.3, 0.4) is 0 Å². The van der Waals surface area contributed by atoms with Gasteiger partial charge in [0.05, 0.1) is 5.92 Å². The molecule has 2 aliphatic rings. The monoisotopic (exact) mass is 215 g/mol. The van der Waals surface area contributed by atoms with Gasteiger partial charge in [0, 0.05) is 11.8 Å². The van der Waals surface area contributed by atoms with Crippen molar-refractivity contribution in [3.63, 3.8) is 0 Å². The Morgan fingerprint density at radius 2 is 1.81 bits per heavy atom. The highest BCUT2D eigenvalue weighted by molar-refractivity contribution is 6.04. The minimum atomic E-state index is -0.151. The Morgan fingerprint density at radius 1 is 1.12 bits per heavy atom. The number of hydrogen-bond donors (Lipinski definition) is 1. The molecule has 1 N–H and O–H groups in total. The fraction of sp³-hybridized carbons (Fsp3) is 0.385. The maximum Gasteiger partial charge on any atom is 0.231 e. The van der Waals surface area contributed by atoms with Crippen molar-refractivity contribution in [2.24, 2.45) is 5.92 Å². The van der Waals surface area contributed by atoms with Crippen LogP contribution in [-0.2, 0) is 15.0 Å². The molecule has 1 aromatic rings. The highest BCUT2D eigenvalue weighted by Crippen LogP contribution is 2.55. The molecule has 0 bridgehead atoms. The molecule has 1 aliphatic heterocycles. The fourth-order valence-electron chi connectivity index (χ4n) is 2.74. The highest BCUT2D eigenvalue weighted by Gasteiger charge is 2.56. The van der Waals surface area contributed by atoms with Crippen LogP contribution < -0.4 is 5.32 Å². The van der Waals surface area contributed by atoms with Gasteiger partial charge in [-0.3, -0.25) is 14.9 Å². The van der Waals surface area contributed by atoms with Gasteiger partial charge in [-0.1, -0.05) is 30.3 Å². The Balaban J connectivity index is 1.95. The summed E-state index contributed by atoms with van der Waals surface area (Å²) in [5, 5.41) is 2.40. The Bertz CT molecular complexity index is 448. The number of imide groups is 1. The quantitative estimate of drug-likeness (QED) is 0.757. The van der Waals surface area contributed by atoms with E-state index >= 15 is 0 Å². The molecule has 0 aromatic heterocycles. The first-order valence-electron chi connectivity index (χ1n) is 5.62. The molecular formula is C13H13NO2. The van der Waals surface area contributed by atoms with Crippen LogP contribution in [0.5, 0.6) is 0 Å². The molecule has 0 radical (unpaired) electrons. The summed E-state index contributed by atoms with van der Waals surface area (Å²) in [7, 11) is 0. The molecule has 1 saturated heterocycles. The first-order valence-corrected chi connectivity index (χ1v) is 5.62. The first-order chi connectivity index (χ1) is 7.72. The van der Waals surface area contributed by atoms with Crippen molar-refractivity contribution < 1.29 is 9.59 Å². The van der Waals surface area contributed by atoms with Crippen molar-refractivity contribution in [3.05, 3.63) is 35.9 Å². The highest BCUT2D eigenvalue weighted by atomic mass is 16.2. The lowest BCUT2D eigenvalue weighted by Crippen LogP contribution is -2.29. The zero-order chi connectivity index (χ0) is 11.2. The SMILES string of the molecule is O=C1CC(C2(c3ccccc3)CC2)C(=O)N1. The third-order valence-corrected chi connectivity index (χ3v) is 3.77. The lowest BCUT2D eigenvalue weighted by Gasteiger charge is -2.20. The maximum absolute atomic E-state index is 11.7. The standard InChI is InChI=1S/C13H13NO2/c15-11-8-10(12(16)14-11)13(6-7-13)9-4-2-1-3-5-9/h1-5,10H,6-8H2,(H,14,15,16). The smallest absolute Gasteiger partial charge is 0.231 e. The Kier molecular flexibility index (Phi) is 1.90. The van der Waals surface area contributed by atoms with Gasteiger partial charge in [0.1, 0.15) is 0 Å². The lowest BCUT2D eigenvalue weighted by atomic mass is 9.81. The number of benzene rings is 1. The molecule has 1 aromatic carbocycles. The summed E-state index contributed by atoms with van der Waals surface area (Å²) in [4.78, 5) is 23.0. The molecule has 16 heavy (non-hydrogen) atoms. The van der Waals surface area contributed by atoms with Crippen LogP contribution >= 0.6 is 0 Å². The molecule has 2 fully saturated rings. The van der Waals surface area contributed by atoms with Crippen molar-refractivity contribution in [1.82, 2.24) is 5.32 Å². The number of carbonyl (C=O) groups is 2. The van der Waals surface area contributed by atoms with E-state index in [0.29, 0.717) is 6.42 Å². The van der Waals surface area contributed by atoms with Crippen LogP contribution in [-0.4, -0.2) is 11.8 Å². The van der Waals surface area contributed by atoms with Crippen molar-refractivity contribution in [3.8, 4) is 0 Å². The van der Waals surface area contributed by atoms with E-state index in [2.05, 4.69) is 17.4 Å². The average Bonchev–Trinajstić information content (AvgIpc) is 3.02. The second kappa shape index (κ2) is 3.17. The second-order valence-corrected chi connectivity index (χ2v) is 4.69. The van der Waals surface area contributed by atoms with Gasteiger partial charge < -0.3 is 0 Å². The number of nitrogens with one attached hydrogen (secondary N) is 1. The van der Waals surface area contributed by atoms with E-state index in [4.69, 9.17) is 0 Å². The van der Waals surface area contributed by atoms with E-state index < -0.39 is 0 Å². The van der Waals surface area contributed by atoms with Gasteiger partial charge >= 0.3 is 0 Å². The second-order valence-electron chi connectivity index (χ2n) is 4.69. The number of rotatable bonds is 2. The van der Waals surface area contributed by atoms with Crippen LogP contribution in [0.15, 0.2) is 30.3 Å². The normalized spacial score (nSPS) is 26.6. The van der Waals surface area contributed by atoms with Crippen LogP contribution in [0.4, 0.5) is 0 Å². The van der Waals surface area contributed by atoms with Gasteiger partial charge in [0.25, 0.3) is 0 Å². The summed E-state index contributed by atoms with van der Waals surface area (Å²) < 4.78 is 0. The van der Waals surface area contributed by atoms with Crippen molar-refractivity contribution in [2.45, 2.75) is 24.7 Å². The molecule has 3 nitrogen and oxygen atoms in total. The molecule has 1 unspecified atom stereocenters. The number of amides is 2. The predicted octanol–water partition coefficient (Wildman–Crippen LogP) is 1.38. The van der Waals surface area contributed by atoms with Crippen molar-refractivity contribution >= 4 is 11.8 Å². The summed E-state index contributed by atoms with van der Waals surface area (Å²) >= 11 is 0. The molecule has 1 saturated carbocycles. The molecule has 3 rings (SSSR count). The summed E-state index contributed by atoms with van der Waals surface area (Å²) in [6.07, 6.45) is 2.39. The Hall–Kier alpha value is -1.64. The van der Waals surface area contributed by atoms with Gasteiger partial charge in [-0.15, -0.1) is 0 Å². The number of hydrogen-bond acceptors (Lipinski definition) is 2. The lowest BCUT2D eigenvalue weighted by molar-refractivity contribution is -0.126. The fourth-order valence-corrected chi connectivity index (χ4v) is 2.74. The van der Waals surface area contributed by atoms with E-state index in [9.17, 15) is 9.59 Å². The van der Waals surface area contributed by atoms with Crippen LogP contribution in [0.1, 0.15) is 24.8 Å². The summed E-state index contributed by atoms with van der Waals surface area (Å²) in [6.45, 7) is 0. The van der Waals surface area contributed by atoms with Gasteiger partial charge in [0.2, 0.25) is 11.8 Å². The third-order valence-electron chi connectivity index (χ3n) is 3.77. The van der Waals surface area contributed by atoms with Crippen molar-refractivity contribution in [1.29, 1.82) is 0 Å². The third kappa shape index (κ3) is 1.28. The van der Waals surface area contributed by atoms with Gasteiger partial charge in [-0.2, -0.15) is 0 Å². The van der Waals surface area contributed by atoms with Gasteiger partial charge in [-0.25, -0.2) is 0 Å². The van der Waals surface area contributed by atoms with E-state index in [0.717, 1.165) is 12.8 Å².